The van der Waals surface area contributed by atoms with E-state index in [0.717, 1.165) is 0 Å². The summed E-state index contributed by atoms with van der Waals surface area (Å²) in [6.45, 7) is 2.33. The molecule has 2 heterocycles. The molecule has 0 aromatic carbocycles. The first-order chi connectivity index (χ1) is 12.4. The van der Waals surface area contributed by atoms with Crippen molar-refractivity contribution in [3.63, 3.8) is 0 Å². The van der Waals surface area contributed by atoms with Crippen molar-refractivity contribution in [3.8, 4) is 11.8 Å². The van der Waals surface area contributed by atoms with Crippen LogP contribution in [0.3, 0.4) is 0 Å². The van der Waals surface area contributed by atoms with E-state index < -0.39 is 17.4 Å². The lowest BCUT2D eigenvalue weighted by atomic mass is 10.1. The molecule has 0 bridgehead atoms. The largest absolute Gasteiger partial charge is 0.453 e. The molecule has 9 nitrogen and oxygen atoms in total. The summed E-state index contributed by atoms with van der Waals surface area (Å²) in [6, 6.07) is 3.12. The van der Waals surface area contributed by atoms with Crippen LogP contribution in [0, 0.1) is 11.8 Å². The van der Waals surface area contributed by atoms with Gasteiger partial charge in [0.05, 0.1) is 19.0 Å². The fourth-order valence-corrected chi connectivity index (χ4v) is 2.39. The minimum Gasteiger partial charge on any atom is -0.453 e. The average molecular weight is 357 g/mol. The predicted molar refractivity (Wildman–Crippen MR) is 96.8 cm³/mol. The molecule has 2 aromatic rings. The Bertz CT molecular complexity index is 985. The zero-order chi connectivity index (χ0) is 19.3. The number of amides is 2. The predicted octanol–water partition coefficient (Wildman–Crippen LogP) is 0.0657. The van der Waals surface area contributed by atoms with Gasteiger partial charge in [-0.15, -0.1) is 0 Å². The van der Waals surface area contributed by atoms with Crippen LogP contribution < -0.4 is 21.8 Å². The third kappa shape index (κ3) is 3.59. The molecule has 0 unspecified atom stereocenters. The van der Waals surface area contributed by atoms with Gasteiger partial charge in [0.1, 0.15) is 22.7 Å². The summed E-state index contributed by atoms with van der Waals surface area (Å²) >= 11 is 0. The summed E-state index contributed by atoms with van der Waals surface area (Å²) in [5.41, 5.74) is 6.17. The molecule has 0 radical (unpaired) electrons. The van der Waals surface area contributed by atoms with E-state index in [1.807, 2.05) is 6.92 Å². The van der Waals surface area contributed by atoms with Crippen LogP contribution in [0.1, 0.15) is 23.0 Å². The van der Waals surface area contributed by atoms with Gasteiger partial charge >= 0.3 is 6.09 Å². The molecule has 0 saturated carbocycles. The van der Waals surface area contributed by atoms with Crippen molar-refractivity contribution < 1.29 is 14.3 Å². The zero-order valence-electron chi connectivity index (χ0n) is 14.7. The second kappa shape index (κ2) is 8.02. The SMILES string of the molecule is CCn1c(N)c(C(=O)NC)c(=O)c2ccc(C#CCNC(=O)OC)nc21. The number of aromatic nitrogens is 2. The van der Waals surface area contributed by atoms with Gasteiger partial charge in [-0.25, -0.2) is 9.78 Å². The lowest BCUT2D eigenvalue weighted by Crippen LogP contribution is -2.30. The Morgan fingerprint density at radius 2 is 2.12 bits per heavy atom. The van der Waals surface area contributed by atoms with Gasteiger partial charge in [0.2, 0.25) is 5.43 Å². The molecule has 2 rings (SSSR count). The highest BCUT2D eigenvalue weighted by Gasteiger charge is 2.20. The highest BCUT2D eigenvalue weighted by Crippen LogP contribution is 2.17. The number of nitrogens with one attached hydrogen (secondary N) is 2. The maximum atomic E-state index is 12.6. The second-order valence-electron chi connectivity index (χ2n) is 5.13. The molecule has 2 aromatic heterocycles. The third-order valence-corrected chi connectivity index (χ3v) is 3.64. The lowest BCUT2D eigenvalue weighted by molar-refractivity contribution is 0.0962. The monoisotopic (exact) mass is 357 g/mol. The third-order valence-electron chi connectivity index (χ3n) is 3.64. The number of pyridine rings is 2. The van der Waals surface area contributed by atoms with E-state index >= 15 is 0 Å². The first-order valence-corrected chi connectivity index (χ1v) is 7.80. The Balaban J connectivity index is 2.53. The van der Waals surface area contributed by atoms with E-state index in [1.165, 1.54) is 14.2 Å². The molecular weight excluding hydrogens is 338 g/mol. The van der Waals surface area contributed by atoms with E-state index in [1.54, 1.807) is 16.7 Å². The van der Waals surface area contributed by atoms with E-state index in [2.05, 4.69) is 32.2 Å². The summed E-state index contributed by atoms with van der Waals surface area (Å²) in [6.07, 6.45) is -0.583. The van der Waals surface area contributed by atoms with Crippen LogP contribution in [0.2, 0.25) is 0 Å². The second-order valence-corrected chi connectivity index (χ2v) is 5.13. The van der Waals surface area contributed by atoms with Gasteiger partial charge in [-0.05, 0) is 25.0 Å². The first kappa shape index (κ1) is 18.8. The Morgan fingerprint density at radius 1 is 1.38 bits per heavy atom. The van der Waals surface area contributed by atoms with Crippen molar-refractivity contribution >= 4 is 28.9 Å². The average Bonchev–Trinajstić information content (AvgIpc) is 2.65. The normalized spacial score (nSPS) is 9.96. The quantitative estimate of drug-likeness (QED) is 0.667. The Labute approximate surface area is 149 Å². The number of methoxy groups -OCH3 is 1. The van der Waals surface area contributed by atoms with Gasteiger partial charge in [0.15, 0.2) is 0 Å². The molecule has 0 fully saturated rings. The van der Waals surface area contributed by atoms with E-state index in [9.17, 15) is 14.4 Å². The smallest absolute Gasteiger partial charge is 0.407 e. The number of nitrogens with zero attached hydrogens (tertiary/aromatic N) is 2. The molecule has 0 spiro atoms. The molecule has 9 heteroatoms. The molecule has 0 aliphatic rings. The molecule has 26 heavy (non-hydrogen) atoms. The van der Waals surface area contributed by atoms with Crippen LogP contribution in [0.4, 0.5) is 10.6 Å². The van der Waals surface area contributed by atoms with Crippen molar-refractivity contribution in [2.45, 2.75) is 13.5 Å². The number of aryl methyl sites for hydroxylation is 1. The van der Waals surface area contributed by atoms with Crippen molar-refractivity contribution in [1.29, 1.82) is 0 Å². The van der Waals surface area contributed by atoms with E-state index in [-0.39, 0.29) is 23.3 Å². The minimum absolute atomic E-state index is 0.0503. The summed E-state index contributed by atoms with van der Waals surface area (Å²) in [5.74, 6) is 5.02. The zero-order valence-corrected chi connectivity index (χ0v) is 14.7. The Hall–Kier alpha value is -3.54. The summed E-state index contributed by atoms with van der Waals surface area (Å²) in [4.78, 5) is 39.9. The number of nitrogen functional groups attached to an aromatic ring is 1. The van der Waals surface area contributed by atoms with Crippen molar-refractivity contribution in [2.24, 2.45) is 0 Å². The van der Waals surface area contributed by atoms with Crippen LogP contribution in [0.25, 0.3) is 11.0 Å². The molecule has 4 N–H and O–H groups in total. The first-order valence-electron chi connectivity index (χ1n) is 7.80. The highest BCUT2D eigenvalue weighted by molar-refractivity contribution is 6.01. The van der Waals surface area contributed by atoms with Crippen molar-refractivity contribution in [2.75, 3.05) is 26.4 Å². The maximum Gasteiger partial charge on any atom is 0.407 e. The number of fused-ring (bicyclic) bond motifs is 1. The van der Waals surface area contributed by atoms with Gasteiger partial charge < -0.3 is 25.7 Å². The van der Waals surface area contributed by atoms with Gasteiger partial charge in [0.25, 0.3) is 5.91 Å². The van der Waals surface area contributed by atoms with Gasteiger partial charge in [-0.2, -0.15) is 0 Å². The number of anilines is 1. The standard InChI is InChI=1S/C17H19N5O4/c1-4-22-14(18)12(16(24)19-2)13(23)11-8-7-10(21-15(11)22)6-5-9-20-17(25)26-3/h7-8H,4,9,18H2,1-3H3,(H,19,24)(H,20,25). The summed E-state index contributed by atoms with van der Waals surface area (Å²) < 4.78 is 6.02. The summed E-state index contributed by atoms with van der Waals surface area (Å²) in [5, 5.41) is 5.12. The van der Waals surface area contributed by atoms with Crippen LogP contribution in [-0.4, -0.2) is 42.3 Å². The molecular formula is C17H19N5O4. The highest BCUT2D eigenvalue weighted by atomic mass is 16.5. The molecule has 0 aliphatic heterocycles. The number of hydrogen-bond acceptors (Lipinski definition) is 6. The van der Waals surface area contributed by atoms with Gasteiger partial charge in [-0.1, -0.05) is 5.92 Å². The van der Waals surface area contributed by atoms with Crippen LogP contribution >= 0.6 is 0 Å². The van der Waals surface area contributed by atoms with Crippen molar-refractivity contribution in [3.05, 3.63) is 33.6 Å². The summed E-state index contributed by atoms with van der Waals surface area (Å²) in [7, 11) is 2.69. The number of ether oxygens (including phenoxy) is 1. The number of alkyl carbamates (subject to hydrolysis) is 1. The minimum atomic E-state index is -0.583. The Morgan fingerprint density at radius 3 is 2.73 bits per heavy atom. The number of nitrogens with two attached hydrogens (primary N) is 1. The van der Waals surface area contributed by atoms with Gasteiger partial charge in [-0.3, -0.25) is 9.59 Å². The number of carbonyl (C=O) groups excluding carboxylic acids is 2. The molecule has 2 amide bonds. The number of hydrogen-bond donors (Lipinski definition) is 3. The Kier molecular flexibility index (Phi) is 5.80. The van der Waals surface area contributed by atoms with Crippen LogP contribution in [0.5, 0.6) is 0 Å². The fourth-order valence-electron chi connectivity index (χ4n) is 2.39. The van der Waals surface area contributed by atoms with Crippen molar-refractivity contribution in [1.82, 2.24) is 20.2 Å². The van der Waals surface area contributed by atoms with Crippen LogP contribution in [-0.2, 0) is 11.3 Å². The fraction of sp³-hybridized carbons (Fsp3) is 0.294. The topological polar surface area (TPSA) is 128 Å². The van der Waals surface area contributed by atoms with E-state index in [0.29, 0.717) is 17.9 Å². The number of carbonyl (C=O) groups is 2. The maximum absolute atomic E-state index is 12.6. The molecule has 0 saturated heterocycles. The van der Waals surface area contributed by atoms with Crippen LogP contribution in [0.15, 0.2) is 16.9 Å². The lowest BCUT2D eigenvalue weighted by Gasteiger charge is -2.14. The van der Waals surface area contributed by atoms with Gasteiger partial charge in [0, 0.05) is 13.6 Å². The number of rotatable bonds is 3. The molecule has 136 valence electrons. The molecule has 0 atom stereocenters. The molecule has 0 aliphatic carbocycles. The van der Waals surface area contributed by atoms with E-state index in [4.69, 9.17) is 5.73 Å².